The third-order valence-corrected chi connectivity index (χ3v) is 6.99. The summed E-state index contributed by atoms with van der Waals surface area (Å²) in [6.45, 7) is 0.937. The highest BCUT2D eigenvalue weighted by Crippen LogP contribution is 2.30. The van der Waals surface area contributed by atoms with Gasteiger partial charge in [0, 0.05) is 17.6 Å². The monoisotopic (exact) mass is 459 g/mol. The minimum atomic E-state index is -1.04. The van der Waals surface area contributed by atoms with Gasteiger partial charge in [0.25, 0.3) is 5.91 Å². The van der Waals surface area contributed by atoms with Gasteiger partial charge in [-0.25, -0.2) is 0 Å². The number of nitrogens with zero attached hydrogens (tertiary/aromatic N) is 1. The van der Waals surface area contributed by atoms with Crippen LogP contribution in [0.15, 0.2) is 65.1 Å². The Morgan fingerprint density at radius 2 is 1.71 bits per heavy atom. The number of ketones is 1. The fourth-order valence-electron chi connectivity index (χ4n) is 5.07. The van der Waals surface area contributed by atoms with Crippen molar-refractivity contribution in [3.63, 3.8) is 0 Å². The van der Waals surface area contributed by atoms with E-state index in [1.807, 2.05) is 59.5 Å². The number of rotatable bonds is 5. The lowest BCUT2D eigenvalue weighted by Crippen LogP contribution is -2.63. The second-order valence-electron chi connectivity index (χ2n) is 9.28. The zero-order valence-electron chi connectivity index (χ0n) is 19.1. The zero-order valence-corrected chi connectivity index (χ0v) is 19.1. The Morgan fingerprint density at radius 1 is 0.971 bits per heavy atom. The van der Waals surface area contributed by atoms with Crippen LogP contribution < -0.4 is 15.5 Å². The van der Waals surface area contributed by atoms with Crippen molar-refractivity contribution in [2.24, 2.45) is 0 Å². The number of carbonyl (C=O) groups is 3. The zero-order chi connectivity index (χ0) is 23.5. The highest BCUT2D eigenvalue weighted by molar-refractivity contribution is 6.01. The van der Waals surface area contributed by atoms with Gasteiger partial charge in [0.2, 0.25) is 5.91 Å². The predicted octanol–water partition coefficient (Wildman–Crippen LogP) is 3.83. The van der Waals surface area contributed by atoms with Crippen molar-refractivity contribution in [1.29, 1.82) is 0 Å². The molecule has 1 aromatic heterocycles. The van der Waals surface area contributed by atoms with Gasteiger partial charge in [-0.15, -0.1) is 0 Å². The summed E-state index contributed by atoms with van der Waals surface area (Å²) in [5, 5.41) is 6.79. The molecule has 1 aliphatic carbocycles. The number of furan rings is 1. The van der Waals surface area contributed by atoms with Gasteiger partial charge in [-0.05, 0) is 43.5 Å². The van der Waals surface area contributed by atoms with Crippen LogP contribution in [-0.4, -0.2) is 42.3 Å². The van der Waals surface area contributed by atoms with Gasteiger partial charge in [0.05, 0.1) is 12.6 Å². The Balaban J connectivity index is 1.28. The number of Topliss-reactive ketones (excluding diaryl/α,β-unsaturated/α-hetero) is 1. The van der Waals surface area contributed by atoms with Crippen LogP contribution in [0.5, 0.6) is 0 Å². The summed E-state index contributed by atoms with van der Waals surface area (Å²) in [4.78, 5) is 41.5. The van der Waals surface area contributed by atoms with Crippen molar-refractivity contribution in [1.82, 2.24) is 10.6 Å². The number of hydrogen-bond donors (Lipinski definition) is 2. The van der Waals surface area contributed by atoms with E-state index in [-0.39, 0.29) is 24.0 Å². The summed E-state index contributed by atoms with van der Waals surface area (Å²) in [5.41, 5.74) is 0.596. The number of benzene rings is 2. The molecule has 1 saturated heterocycles. The van der Waals surface area contributed by atoms with E-state index in [2.05, 4.69) is 10.6 Å². The molecule has 176 valence electrons. The van der Waals surface area contributed by atoms with Crippen LogP contribution >= 0.6 is 0 Å². The molecule has 7 heteroatoms. The molecule has 1 aliphatic heterocycles. The highest BCUT2D eigenvalue weighted by atomic mass is 16.3. The largest absolute Gasteiger partial charge is 0.451 e. The molecule has 7 nitrogen and oxygen atoms in total. The topological polar surface area (TPSA) is 91.7 Å². The third-order valence-electron chi connectivity index (χ3n) is 6.99. The summed E-state index contributed by atoms with van der Waals surface area (Å²) in [6, 6.07) is 18.4. The van der Waals surface area contributed by atoms with Gasteiger partial charge in [-0.2, -0.15) is 0 Å². The van der Waals surface area contributed by atoms with E-state index in [0.717, 1.165) is 30.3 Å². The minimum Gasteiger partial charge on any atom is -0.451 e. The van der Waals surface area contributed by atoms with Gasteiger partial charge in [-0.1, -0.05) is 55.7 Å². The molecule has 1 saturated carbocycles. The quantitative estimate of drug-likeness (QED) is 0.605. The third kappa shape index (κ3) is 4.42. The van der Waals surface area contributed by atoms with Crippen LogP contribution in [0.4, 0.5) is 5.69 Å². The van der Waals surface area contributed by atoms with Crippen LogP contribution in [0.3, 0.4) is 0 Å². The Labute approximate surface area is 198 Å². The maximum Gasteiger partial charge on any atom is 0.287 e. The Morgan fingerprint density at radius 3 is 2.44 bits per heavy atom. The molecule has 5 rings (SSSR count). The van der Waals surface area contributed by atoms with Gasteiger partial charge in [-0.3, -0.25) is 14.4 Å². The fourth-order valence-corrected chi connectivity index (χ4v) is 5.07. The lowest BCUT2D eigenvalue weighted by atomic mass is 9.80. The first-order chi connectivity index (χ1) is 16.5. The number of fused-ring (bicyclic) bond motifs is 1. The molecule has 0 radical (unpaired) electrons. The number of nitrogens with one attached hydrogen (secondary N) is 2. The number of para-hydroxylation sites is 2. The summed E-state index contributed by atoms with van der Waals surface area (Å²) >= 11 is 0. The van der Waals surface area contributed by atoms with Crippen molar-refractivity contribution in [3.05, 3.63) is 66.4 Å². The molecule has 2 heterocycles. The van der Waals surface area contributed by atoms with E-state index in [4.69, 9.17) is 4.42 Å². The normalized spacial score (nSPS) is 20.2. The standard InChI is InChI=1S/C27H29N3O4/c31-22-18-30(20-10-3-1-4-11-20)16-13-21(22)28-26(33)27(14-7-2-8-15-27)29-25(32)24-17-19-9-5-6-12-23(19)34-24/h1,3-6,9-12,17,21H,2,7-8,13-16,18H2,(H,28,33)(H,29,32). The maximum atomic E-state index is 13.5. The molecule has 2 aliphatic rings. The van der Waals surface area contributed by atoms with Crippen molar-refractivity contribution >= 4 is 34.3 Å². The number of piperidine rings is 1. The molecule has 2 N–H and O–H groups in total. The number of hydrogen-bond acceptors (Lipinski definition) is 5. The first-order valence-electron chi connectivity index (χ1n) is 12.0. The predicted molar refractivity (Wildman–Crippen MR) is 130 cm³/mol. The molecule has 2 fully saturated rings. The second kappa shape index (κ2) is 9.33. The van der Waals surface area contributed by atoms with Crippen LogP contribution in [0.1, 0.15) is 49.1 Å². The van der Waals surface area contributed by atoms with Gasteiger partial charge >= 0.3 is 0 Å². The van der Waals surface area contributed by atoms with E-state index >= 15 is 0 Å². The van der Waals surface area contributed by atoms with Crippen molar-refractivity contribution < 1.29 is 18.8 Å². The lowest BCUT2D eigenvalue weighted by molar-refractivity contribution is -0.133. The molecule has 3 aromatic rings. The Kier molecular flexibility index (Phi) is 6.09. The van der Waals surface area contributed by atoms with E-state index in [0.29, 0.717) is 31.4 Å². The van der Waals surface area contributed by atoms with Crippen LogP contribution in [-0.2, 0) is 9.59 Å². The average molecular weight is 460 g/mol. The average Bonchev–Trinajstić information content (AvgIpc) is 3.31. The molecular weight excluding hydrogens is 430 g/mol. The first-order valence-corrected chi connectivity index (χ1v) is 12.0. The molecule has 2 amide bonds. The van der Waals surface area contributed by atoms with Gasteiger partial charge in [0.15, 0.2) is 11.5 Å². The lowest BCUT2D eigenvalue weighted by Gasteiger charge is -2.39. The van der Waals surface area contributed by atoms with Gasteiger partial charge in [0.1, 0.15) is 11.1 Å². The molecule has 0 spiro atoms. The molecule has 2 aromatic carbocycles. The molecule has 0 bridgehead atoms. The summed E-state index contributed by atoms with van der Waals surface area (Å²) in [6.07, 6.45) is 4.32. The summed E-state index contributed by atoms with van der Waals surface area (Å²) in [7, 11) is 0. The Bertz CT molecular complexity index is 1160. The van der Waals surface area contributed by atoms with E-state index < -0.39 is 17.5 Å². The summed E-state index contributed by atoms with van der Waals surface area (Å²) in [5.74, 6) is -0.508. The van der Waals surface area contributed by atoms with Crippen molar-refractivity contribution in [2.75, 3.05) is 18.0 Å². The SMILES string of the molecule is O=C(NC1(C(=O)NC2CCN(c3ccccc3)CC2=O)CCCCC1)c1cc2ccccc2o1. The van der Waals surface area contributed by atoms with E-state index in [9.17, 15) is 14.4 Å². The molecule has 1 unspecified atom stereocenters. The fraction of sp³-hybridized carbons (Fsp3) is 0.370. The summed E-state index contributed by atoms with van der Waals surface area (Å²) < 4.78 is 5.71. The van der Waals surface area contributed by atoms with E-state index in [1.54, 1.807) is 6.07 Å². The molecule has 34 heavy (non-hydrogen) atoms. The second-order valence-corrected chi connectivity index (χ2v) is 9.28. The van der Waals surface area contributed by atoms with Crippen LogP contribution in [0.25, 0.3) is 11.0 Å². The van der Waals surface area contributed by atoms with Crippen LogP contribution in [0.2, 0.25) is 0 Å². The highest BCUT2D eigenvalue weighted by Gasteiger charge is 2.43. The smallest absolute Gasteiger partial charge is 0.287 e. The van der Waals surface area contributed by atoms with Gasteiger partial charge < -0.3 is 20.0 Å². The molecule has 1 atom stereocenters. The Hall–Kier alpha value is -3.61. The van der Waals surface area contributed by atoms with Crippen LogP contribution in [0, 0.1) is 0 Å². The van der Waals surface area contributed by atoms with Crippen molar-refractivity contribution in [3.8, 4) is 0 Å². The number of amides is 2. The number of anilines is 1. The number of carbonyl (C=O) groups excluding carboxylic acids is 3. The van der Waals surface area contributed by atoms with E-state index in [1.165, 1.54) is 0 Å². The first kappa shape index (κ1) is 22.2. The molecular formula is C27H29N3O4. The van der Waals surface area contributed by atoms with Crippen molar-refractivity contribution in [2.45, 2.75) is 50.1 Å². The minimum absolute atomic E-state index is 0.0157. The maximum absolute atomic E-state index is 13.5.